The van der Waals surface area contributed by atoms with Crippen molar-refractivity contribution in [3.05, 3.63) is 60.8 Å². The van der Waals surface area contributed by atoms with Gasteiger partial charge in [-0.3, -0.25) is 0 Å². The van der Waals surface area contributed by atoms with E-state index in [0.717, 1.165) is 10.4 Å². The molecule has 152 valence electrons. The van der Waals surface area contributed by atoms with Crippen LogP contribution in [0.3, 0.4) is 0 Å². The number of aliphatic hydroxyl groups is 1. The van der Waals surface area contributed by atoms with Crippen molar-refractivity contribution in [1.82, 2.24) is 14.5 Å². The van der Waals surface area contributed by atoms with E-state index in [1.165, 1.54) is 16.4 Å². The lowest BCUT2D eigenvalue weighted by atomic mass is 10.2. The van der Waals surface area contributed by atoms with Crippen LogP contribution in [0.2, 0.25) is 0 Å². The Balaban J connectivity index is 1.43. The number of hydrogen-bond acceptors (Lipinski definition) is 7. The number of amides is 2. The lowest BCUT2D eigenvalue weighted by Gasteiger charge is -2.23. The summed E-state index contributed by atoms with van der Waals surface area (Å²) in [5.41, 5.74) is 6.40. The molecule has 2 aromatic carbocycles. The zero-order valence-electron chi connectivity index (χ0n) is 15.7. The fraction of sp³-hybridized carbons (Fsp3) is 0.250. The Kier molecular flexibility index (Phi) is 7.37. The quantitative estimate of drug-likeness (QED) is 0.527. The standard InChI is InChI=1S/C20H22N4O4S/c21-20(26)24(10-11-27-17-4-2-1-3-5-17)13-16(25)14-28-18-8-6-15(7-9-18)19-12-22-23-29-19/h1-9,12,16,25H,10-11,13-14H2,(H2,21,26). The molecule has 0 bridgehead atoms. The number of aromatic nitrogens is 2. The van der Waals surface area contributed by atoms with E-state index < -0.39 is 12.1 Å². The van der Waals surface area contributed by atoms with Gasteiger partial charge in [-0.25, -0.2) is 4.79 Å². The van der Waals surface area contributed by atoms with Crippen molar-refractivity contribution in [3.8, 4) is 21.9 Å². The van der Waals surface area contributed by atoms with Gasteiger partial charge in [0.25, 0.3) is 0 Å². The summed E-state index contributed by atoms with van der Waals surface area (Å²) in [5, 5.41) is 14.0. The molecule has 0 fully saturated rings. The number of rotatable bonds is 10. The molecule has 29 heavy (non-hydrogen) atoms. The van der Waals surface area contributed by atoms with Gasteiger partial charge < -0.3 is 25.2 Å². The van der Waals surface area contributed by atoms with Gasteiger partial charge in [0.1, 0.15) is 30.8 Å². The SMILES string of the molecule is NC(=O)N(CCOc1ccccc1)CC(O)COc1ccc(-c2cnns2)cc1. The highest BCUT2D eigenvalue weighted by Gasteiger charge is 2.16. The number of carbonyl (C=O) groups excluding carboxylic acids is 1. The predicted octanol–water partition coefficient (Wildman–Crippen LogP) is 2.40. The van der Waals surface area contributed by atoms with Crippen LogP contribution in [0.5, 0.6) is 11.5 Å². The molecule has 3 N–H and O–H groups in total. The van der Waals surface area contributed by atoms with E-state index in [1.54, 1.807) is 18.3 Å². The fourth-order valence-corrected chi connectivity index (χ4v) is 3.11. The average Bonchev–Trinajstić information content (AvgIpc) is 3.27. The van der Waals surface area contributed by atoms with Crippen LogP contribution in [-0.2, 0) is 0 Å². The summed E-state index contributed by atoms with van der Waals surface area (Å²) in [7, 11) is 0. The molecule has 2 amide bonds. The number of primary amides is 1. The molecule has 0 aliphatic heterocycles. The van der Waals surface area contributed by atoms with Crippen LogP contribution >= 0.6 is 11.5 Å². The van der Waals surface area contributed by atoms with E-state index in [4.69, 9.17) is 15.2 Å². The summed E-state index contributed by atoms with van der Waals surface area (Å²) in [6.07, 6.45) is 0.814. The number of benzene rings is 2. The number of aliphatic hydroxyl groups excluding tert-OH is 1. The summed E-state index contributed by atoms with van der Waals surface area (Å²) < 4.78 is 15.0. The minimum atomic E-state index is -0.885. The molecular weight excluding hydrogens is 392 g/mol. The molecule has 0 aliphatic rings. The van der Waals surface area contributed by atoms with Gasteiger partial charge >= 0.3 is 6.03 Å². The van der Waals surface area contributed by atoms with Gasteiger partial charge in [-0.15, -0.1) is 5.10 Å². The topological polar surface area (TPSA) is 111 Å². The number of urea groups is 1. The molecule has 0 saturated carbocycles. The molecule has 1 heterocycles. The number of hydrogen-bond donors (Lipinski definition) is 2. The zero-order valence-corrected chi connectivity index (χ0v) is 16.5. The molecule has 9 heteroatoms. The summed E-state index contributed by atoms with van der Waals surface area (Å²) in [6, 6.07) is 16.1. The molecule has 0 saturated heterocycles. The van der Waals surface area contributed by atoms with Gasteiger partial charge in [0, 0.05) is 0 Å². The highest BCUT2D eigenvalue weighted by atomic mass is 32.1. The third kappa shape index (κ3) is 6.44. The first-order chi connectivity index (χ1) is 14.1. The van der Waals surface area contributed by atoms with Crippen LogP contribution < -0.4 is 15.2 Å². The van der Waals surface area contributed by atoms with Crippen LogP contribution in [0, 0.1) is 0 Å². The van der Waals surface area contributed by atoms with Crippen LogP contribution in [0.15, 0.2) is 60.8 Å². The summed E-state index contributed by atoms with van der Waals surface area (Å²) >= 11 is 1.31. The number of nitrogens with zero attached hydrogens (tertiary/aromatic N) is 3. The maximum atomic E-state index is 11.6. The smallest absolute Gasteiger partial charge is 0.314 e. The first-order valence-corrected chi connectivity index (χ1v) is 9.80. The van der Waals surface area contributed by atoms with Crippen LogP contribution in [-0.4, -0.2) is 58.0 Å². The van der Waals surface area contributed by atoms with E-state index in [0.29, 0.717) is 11.5 Å². The molecule has 3 rings (SSSR count). The Morgan fingerprint density at radius 2 is 1.83 bits per heavy atom. The van der Waals surface area contributed by atoms with Crippen molar-refractivity contribution in [1.29, 1.82) is 0 Å². The fourth-order valence-electron chi connectivity index (χ4n) is 2.59. The van der Waals surface area contributed by atoms with Gasteiger partial charge in [0.2, 0.25) is 0 Å². The second-order valence-electron chi connectivity index (χ2n) is 6.22. The van der Waals surface area contributed by atoms with Crippen molar-refractivity contribution in [2.75, 3.05) is 26.3 Å². The Bertz CT molecular complexity index is 875. The number of ether oxygens (including phenoxy) is 2. The third-order valence-corrected chi connectivity index (χ3v) is 4.77. The van der Waals surface area contributed by atoms with Crippen molar-refractivity contribution >= 4 is 17.6 Å². The van der Waals surface area contributed by atoms with Crippen LogP contribution in [0.1, 0.15) is 0 Å². The normalized spacial score (nSPS) is 11.6. The molecule has 0 radical (unpaired) electrons. The van der Waals surface area contributed by atoms with Crippen LogP contribution in [0.4, 0.5) is 4.79 Å². The second kappa shape index (κ2) is 10.4. The lowest BCUT2D eigenvalue weighted by molar-refractivity contribution is 0.0746. The molecule has 3 aromatic rings. The lowest BCUT2D eigenvalue weighted by Crippen LogP contribution is -2.44. The molecule has 1 unspecified atom stereocenters. The number of carbonyl (C=O) groups is 1. The summed E-state index contributed by atoms with van der Waals surface area (Å²) in [4.78, 5) is 13.9. The monoisotopic (exact) mass is 414 g/mol. The number of para-hydroxylation sites is 1. The highest BCUT2D eigenvalue weighted by Crippen LogP contribution is 2.24. The van der Waals surface area contributed by atoms with Gasteiger partial charge in [0.15, 0.2) is 0 Å². The van der Waals surface area contributed by atoms with Crippen LogP contribution in [0.25, 0.3) is 10.4 Å². The van der Waals surface area contributed by atoms with E-state index >= 15 is 0 Å². The van der Waals surface area contributed by atoms with Crippen molar-refractivity contribution in [2.45, 2.75) is 6.10 Å². The minimum Gasteiger partial charge on any atom is -0.492 e. The predicted molar refractivity (Wildman–Crippen MR) is 110 cm³/mol. The largest absolute Gasteiger partial charge is 0.492 e. The van der Waals surface area contributed by atoms with Gasteiger partial charge in [-0.1, -0.05) is 22.7 Å². The van der Waals surface area contributed by atoms with Crippen molar-refractivity contribution < 1.29 is 19.4 Å². The van der Waals surface area contributed by atoms with Gasteiger partial charge in [-0.05, 0) is 53.5 Å². The van der Waals surface area contributed by atoms with E-state index in [-0.39, 0.29) is 26.3 Å². The molecule has 0 aliphatic carbocycles. The van der Waals surface area contributed by atoms with E-state index in [9.17, 15) is 9.90 Å². The van der Waals surface area contributed by atoms with E-state index in [2.05, 4.69) is 9.59 Å². The maximum absolute atomic E-state index is 11.6. The maximum Gasteiger partial charge on any atom is 0.314 e. The summed E-state index contributed by atoms with van der Waals surface area (Å²) in [6.45, 7) is 0.621. The Morgan fingerprint density at radius 3 is 2.48 bits per heavy atom. The Morgan fingerprint density at radius 1 is 1.10 bits per heavy atom. The van der Waals surface area contributed by atoms with E-state index in [1.807, 2.05) is 42.5 Å². The van der Waals surface area contributed by atoms with Crippen molar-refractivity contribution in [2.24, 2.45) is 5.73 Å². The average molecular weight is 414 g/mol. The minimum absolute atomic E-state index is 0.0325. The Hall–Kier alpha value is -3.17. The Labute approximate surface area is 172 Å². The highest BCUT2D eigenvalue weighted by molar-refractivity contribution is 7.09. The van der Waals surface area contributed by atoms with Gasteiger partial charge in [0.05, 0.1) is 24.2 Å². The molecule has 8 nitrogen and oxygen atoms in total. The molecular formula is C20H22N4O4S. The second-order valence-corrected chi connectivity index (χ2v) is 7.00. The first-order valence-electron chi connectivity index (χ1n) is 9.02. The molecule has 1 aromatic heterocycles. The summed E-state index contributed by atoms with van der Waals surface area (Å²) in [5.74, 6) is 1.32. The molecule has 0 spiro atoms. The zero-order chi connectivity index (χ0) is 20.5. The number of nitrogens with two attached hydrogens (primary N) is 1. The van der Waals surface area contributed by atoms with Gasteiger partial charge in [-0.2, -0.15) is 0 Å². The molecule has 1 atom stereocenters. The third-order valence-electron chi connectivity index (χ3n) is 4.06. The van der Waals surface area contributed by atoms with Crippen molar-refractivity contribution in [3.63, 3.8) is 0 Å². The first kappa shape index (κ1) is 20.6.